The molecule has 91 valence electrons. The highest BCUT2D eigenvalue weighted by Crippen LogP contribution is 2.19. The first-order valence-electron chi connectivity index (χ1n) is 4.40. The van der Waals surface area contributed by atoms with Crippen LogP contribution in [-0.2, 0) is 19.4 Å². The van der Waals surface area contributed by atoms with Crippen molar-refractivity contribution in [1.29, 1.82) is 0 Å². The number of benzene rings is 1. The fourth-order valence-corrected chi connectivity index (χ4v) is 2.14. The number of sulfone groups is 1. The van der Waals surface area contributed by atoms with Crippen LogP contribution in [0.5, 0.6) is 0 Å². The van der Waals surface area contributed by atoms with Crippen LogP contribution in [0.2, 0.25) is 0 Å². The highest BCUT2D eigenvalue weighted by atomic mass is 32.2. The first-order chi connectivity index (χ1) is 7.89. The minimum absolute atomic E-state index is 0.161. The lowest BCUT2D eigenvalue weighted by Crippen LogP contribution is -2.20. The Bertz CT molecular complexity index is 521. The number of nitro benzene ring substituents is 1. The zero-order valence-corrected chi connectivity index (χ0v) is 9.51. The van der Waals surface area contributed by atoms with Gasteiger partial charge in [-0.15, -0.1) is 0 Å². The fourth-order valence-electron chi connectivity index (χ4n) is 1.08. The van der Waals surface area contributed by atoms with Crippen molar-refractivity contribution in [2.45, 2.75) is 17.3 Å². The molecule has 0 aliphatic carbocycles. The monoisotopic (exact) mass is 258 g/mol. The summed E-state index contributed by atoms with van der Waals surface area (Å²) >= 11 is 0. The maximum absolute atomic E-state index is 11.7. The van der Waals surface area contributed by atoms with Gasteiger partial charge < -0.3 is 4.74 Å². The van der Waals surface area contributed by atoms with Crippen molar-refractivity contribution in [2.24, 2.45) is 0 Å². The number of nitro groups is 1. The van der Waals surface area contributed by atoms with E-state index in [9.17, 15) is 23.3 Å². The second kappa shape index (κ2) is 4.91. The Morgan fingerprint density at radius 2 is 1.88 bits per heavy atom. The number of nitrogens with zero attached hydrogens (tertiary/aromatic N) is 1. The summed E-state index contributed by atoms with van der Waals surface area (Å²) in [5.74, 6) is 0. The van der Waals surface area contributed by atoms with Gasteiger partial charge in [0.05, 0.1) is 9.82 Å². The lowest BCUT2D eigenvalue weighted by Gasteiger charge is -2.09. The molecule has 1 aromatic rings. The molecule has 0 aromatic heterocycles. The standard InChI is InChI=1S/C9H8NO6S/c1-7(16-6-11)17(14,15)9-4-2-8(3-5-9)10(12)13/h2-5,7H,1H3. The summed E-state index contributed by atoms with van der Waals surface area (Å²) in [5, 5.41) is 10.4. The zero-order valence-electron chi connectivity index (χ0n) is 8.69. The van der Waals surface area contributed by atoms with E-state index in [2.05, 4.69) is 4.74 Å². The molecule has 0 aliphatic heterocycles. The van der Waals surface area contributed by atoms with Gasteiger partial charge in [-0.25, -0.2) is 13.2 Å². The Balaban J connectivity index is 3.08. The van der Waals surface area contributed by atoms with Gasteiger partial charge in [0.1, 0.15) is 0 Å². The summed E-state index contributed by atoms with van der Waals surface area (Å²) in [6.07, 6.45) is 0. The van der Waals surface area contributed by atoms with Gasteiger partial charge >= 0.3 is 6.47 Å². The Morgan fingerprint density at radius 3 is 2.29 bits per heavy atom. The molecule has 0 N–H and O–H groups in total. The molecule has 7 nitrogen and oxygen atoms in total. The van der Waals surface area contributed by atoms with Crippen molar-refractivity contribution in [1.82, 2.24) is 0 Å². The maximum Gasteiger partial charge on any atom is 0.418 e. The highest BCUT2D eigenvalue weighted by Gasteiger charge is 2.25. The highest BCUT2D eigenvalue weighted by molar-refractivity contribution is 7.91. The van der Waals surface area contributed by atoms with E-state index >= 15 is 0 Å². The van der Waals surface area contributed by atoms with Crippen LogP contribution in [0, 0.1) is 10.1 Å². The molecule has 1 aromatic carbocycles. The van der Waals surface area contributed by atoms with Crippen LogP contribution >= 0.6 is 0 Å². The van der Waals surface area contributed by atoms with E-state index in [0.717, 1.165) is 30.7 Å². The SMILES string of the molecule is CC(O[C]=O)S(=O)(=O)c1ccc([N+](=O)[O-])cc1. The van der Waals surface area contributed by atoms with Crippen LogP contribution < -0.4 is 0 Å². The molecule has 0 aliphatic rings. The molecule has 17 heavy (non-hydrogen) atoms. The third-order valence-corrected chi connectivity index (χ3v) is 3.93. The van der Waals surface area contributed by atoms with Crippen molar-refractivity contribution < 1.29 is 22.9 Å². The van der Waals surface area contributed by atoms with Crippen molar-refractivity contribution in [3.8, 4) is 0 Å². The molecule has 0 bridgehead atoms. The molecular formula is C9H8NO6S. The third kappa shape index (κ3) is 2.78. The fraction of sp³-hybridized carbons (Fsp3) is 0.222. The number of hydrogen-bond donors (Lipinski definition) is 0. The molecule has 1 atom stereocenters. The number of rotatable bonds is 5. The van der Waals surface area contributed by atoms with Crippen LogP contribution in [0.25, 0.3) is 0 Å². The Kier molecular flexibility index (Phi) is 3.79. The Morgan fingerprint density at radius 1 is 1.35 bits per heavy atom. The van der Waals surface area contributed by atoms with E-state index < -0.39 is 20.2 Å². The number of hydrogen-bond acceptors (Lipinski definition) is 6. The Labute approximate surface area is 97.1 Å². The van der Waals surface area contributed by atoms with Crippen LogP contribution in [0.1, 0.15) is 6.92 Å². The molecule has 0 amide bonds. The van der Waals surface area contributed by atoms with Crippen molar-refractivity contribution in [2.75, 3.05) is 0 Å². The maximum atomic E-state index is 11.7. The Hall–Kier alpha value is -1.96. The first kappa shape index (κ1) is 13.1. The van der Waals surface area contributed by atoms with Gasteiger partial charge in [0, 0.05) is 12.1 Å². The van der Waals surface area contributed by atoms with Crippen LogP contribution in [0.3, 0.4) is 0 Å². The van der Waals surface area contributed by atoms with E-state index in [-0.39, 0.29) is 10.6 Å². The molecule has 1 radical (unpaired) electrons. The number of carbonyl (C=O) groups excluding carboxylic acids is 1. The molecule has 0 heterocycles. The van der Waals surface area contributed by atoms with Gasteiger partial charge in [0.25, 0.3) is 5.69 Å². The molecule has 0 spiro atoms. The zero-order chi connectivity index (χ0) is 13.1. The van der Waals surface area contributed by atoms with Gasteiger partial charge in [-0.05, 0) is 19.1 Å². The second-order valence-electron chi connectivity index (χ2n) is 3.06. The minimum atomic E-state index is -3.85. The van der Waals surface area contributed by atoms with Crippen LogP contribution in [0.15, 0.2) is 29.2 Å². The topological polar surface area (TPSA) is 104 Å². The van der Waals surface area contributed by atoms with Gasteiger partial charge in [-0.1, -0.05) is 0 Å². The molecule has 0 saturated heterocycles. The number of ether oxygens (including phenoxy) is 1. The van der Waals surface area contributed by atoms with Gasteiger partial charge in [0.15, 0.2) is 0 Å². The molecule has 1 rings (SSSR count). The summed E-state index contributed by atoms with van der Waals surface area (Å²) in [5.41, 5.74) is -1.61. The predicted octanol–water partition coefficient (Wildman–Crippen LogP) is 0.798. The van der Waals surface area contributed by atoms with E-state index in [0.29, 0.717) is 0 Å². The molecule has 0 fully saturated rings. The molecule has 1 unspecified atom stereocenters. The molecular weight excluding hydrogens is 250 g/mol. The van der Waals surface area contributed by atoms with E-state index in [1.807, 2.05) is 0 Å². The minimum Gasteiger partial charge on any atom is -0.437 e. The largest absolute Gasteiger partial charge is 0.437 e. The smallest absolute Gasteiger partial charge is 0.418 e. The third-order valence-electron chi connectivity index (χ3n) is 2.03. The quantitative estimate of drug-likeness (QED) is 0.571. The summed E-state index contributed by atoms with van der Waals surface area (Å²) in [4.78, 5) is 19.5. The van der Waals surface area contributed by atoms with Gasteiger partial charge in [-0.3, -0.25) is 10.1 Å². The normalized spacial score (nSPS) is 12.8. The van der Waals surface area contributed by atoms with E-state index in [4.69, 9.17) is 0 Å². The van der Waals surface area contributed by atoms with Crippen molar-refractivity contribution in [3.63, 3.8) is 0 Å². The van der Waals surface area contributed by atoms with Crippen molar-refractivity contribution >= 4 is 22.0 Å². The average Bonchev–Trinajstić information content (AvgIpc) is 2.29. The predicted molar refractivity (Wildman–Crippen MR) is 56.5 cm³/mol. The summed E-state index contributed by atoms with van der Waals surface area (Å²) in [7, 11) is -3.85. The summed E-state index contributed by atoms with van der Waals surface area (Å²) in [6, 6.07) is 4.28. The molecule has 8 heteroatoms. The van der Waals surface area contributed by atoms with Crippen LogP contribution in [0.4, 0.5) is 5.69 Å². The summed E-state index contributed by atoms with van der Waals surface area (Å²) in [6.45, 7) is 2.20. The van der Waals surface area contributed by atoms with Gasteiger partial charge in [-0.2, -0.15) is 0 Å². The molecule has 0 saturated carbocycles. The van der Waals surface area contributed by atoms with Crippen LogP contribution in [-0.4, -0.2) is 25.2 Å². The van der Waals surface area contributed by atoms with E-state index in [1.165, 1.54) is 6.92 Å². The van der Waals surface area contributed by atoms with E-state index in [1.54, 1.807) is 0 Å². The lowest BCUT2D eigenvalue weighted by atomic mass is 10.3. The van der Waals surface area contributed by atoms with Gasteiger partial charge in [0.2, 0.25) is 15.3 Å². The second-order valence-corrected chi connectivity index (χ2v) is 5.29. The number of non-ortho nitro benzene ring substituents is 1. The average molecular weight is 258 g/mol. The lowest BCUT2D eigenvalue weighted by molar-refractivity contribution is -0.384. The summed E-state index contributed by atoms with van der Waals surface area (Å²) < 4.78 is 27.7. The first-order valence-corrected chi connectivity index (χ1v) is 5.95. The van der Waals surface area contributed by atoms with Crippen molar-refractivity contribution in [3.05, 3.63) is 34.4 Å².